The van der Waals surface area contributed by atoms with Crippen molar-refractivity contribution >= 4 is 17.6 Å². The van der Waals surface area contributed by atoms with Crippen molar-refractivity contribution in [1.29, 1.82) is 0 Å². The summed E-state index contributed by atoms with van der Waals surface area (Å²) in [6.45, 7) is 3.19. The Hall–Kier alpha value is -0.260. The van der Waals surface area contributed by atoms with Crippen LogP contribution in [0.25, 0.3) is 0 Å². The summed E-state index contributed by atoms with van der Waals surface area (Å²) in [6, 6.07) is 0. The van der Waals surface area contributed by atoms with Gasteiger partial charge in [0.15, 0.2) is 0 Å². The molecule has 0 aromatic heterocycles. The van der Waals surface area contributed by atoms with Crippen LogP contribution in [0.15, 0.2) is 6.58 Å². The zero-order valence-electron chi connectivity index (χ0n) is 2.19. The maximum Gasteiger partial charge on any atom is 0.263 e. The van der Waals surface area contributed by atoms with Crippen LogP contribution in [0.3, 0.4) is 0 Å². The first-order valence-corrected chi connectivity index (χ1v) is 1.35. The summed E-state index contributed by atoms with van der Waals surface area (Å²) in [5.74, 6) is 0. The summed E-state index contributed by atoms with van der Waals surface area (Å²) in [6.07, 6.45) is 2.37. The number of thiocarbonyl (C=S) groups is 1. The molecule has 0 spiro atoms. The van der Waals surface area contributed by atoms with Crippen LogP contribution < -0.4 is 0 Å². The van der Waals surface area contributed by atoms with Gasteiger partial charge in [0.1, 0.15) is 6.58 Å². The summed E-state index contributed by atoms with van der Waals surface area (Å²) in [5, 5.41) is 1.35. The van der Waals surface area contributed by atoms with Gasteiger partial charge in [0, 0.05) is 0 Å². The van der Waals surface area contributed by atoms with E-state index in [1.807, 2.05) is 0 Å². The molecule has 0 heterocycles. The van der Waals surface area contributed by atoms with Crippen LogP contribution in [0, 0.1) is 6.08 Å². The van der Waals surface area contributed by atoms with Gasteiger partial charge in [0.2, 0.25) is 5.37 Å². The van der Waals surface area contributed by atoms with Crippen LogP contribution in [0.1, 0.15) is 0 Å². The van der Waals surface area contributed by atoms with Crippen molar-refractivity contribution in [1.82, 2.24) is 0 Å². The van der Waals surface area contributed by atoms with E-state index >= 15 is 0 Å². The highest BCUT2D eigenvalue weighted by molar-refractivity contribution is 7.79. The van der Waals surface area contributed by atoms with E-state index in [4.69, 9.17) is 0 Å². The van der Waals surface area contributed by atoms with Crippen molar-refractivity contribution in [3.05, 3.63) is 12.7 Å². The van der Waals surface area contributed by atoms with Crippen LogP contribution in [0.4, 0.5) is 0 Å². The molecule has 4 heavy (non-hydrogen) atoms. The lowest BCUT2D eigenvalue weighted by atomic mass is 10.8. The summed E-state index contributed by atoms with van der Waals surface area (Å²) in [4.78, 5) is 0. The molecule has 0 bridgehead atoms. The Kier molecular flexibility index (Phi) is 2.56. The van der Waals surface area contributed by atoms with E-state index in [0.29, 0.717) is 0 Å². The highest BCUT2D eigenvalue weighted by Gasteiger charge is 1.58. The maximum atomic E-state index is 4.25. The van der Waals surface area contributed by atoms with Gasteiger partial charge in [-0.3, -0.25) is 0 Å². The lowest BCUT2D eigenvalue weighted by Gasteiger charge is -1.16. The molecular formula is C3H3S+. The highest BCUT2D eigenvalue weighted by Crippen LogP contribution is 1.42. The normalized spacial score (nSPS) is 4.00. The van der Waals surface area contributed by atoms with Gasteiger partial charge in [-0.15, -0.1) is 0 Å². The molecule has 0 nitrogen and oxygen atoms in total. The smallest absolute Gasteiger partial charge is 0.0274 e. The van der Waals surface area contributed by atoms with Crippen LogP contribution >= 0.6 is 12.2 Å². The van der Waals surface area contributed by atoms with Crippen LogP contribution in [-0.4, -0.2) is 5.37 Å². The maximum absolute atomic E-state index is 4.25. The molecule has 0 atom stereocenters. The lowest BCUT2D eigenvalue weighted by molar-refractivity contribution is 2.40. The van der Waals surface area contributed by atoms with Crippen molar-refractivity contribution in [3.8, 4) is 0 Å². The Balaban J connectivity index is 2.73. The minimum Gasteiger partial charge on any atom is -0.0274 e. The number of hydrogen-bond acceptors (Lipinski definition) is 1. The van der Waals surface area contributed by atoms with Gasteiger partial charge in [0.25, 0.3) is 6.08 Å². The molecule has 0 N–H and O–H groups in total. The quantitative estimate of drug-likeness (QED) is 0.252. The summed E-state index contributed by atoms with van der Waals surface area (Å²) >= 11 is 4.25. The standard InChI is InChI=1S/C3H3S/c1-2-3-4/h3H,1H2/q+1. The van der Waals surface area contributed by atoms with Crippen molar-refractivity contribution in [2.45, 2.75) is 0 Å². The fourth-order valence-corrected chi connectivity index (χ4v) is 0. The summed E-state index contributed by atoms with van der Waals surface area (Å²) < 4.78 is 0. The lowest BCUT2D eigenvalue weighted by Crippen LogP contribution is -1.39. The second-order valence-electron chi connectivity index (χ2n) is 0.322. The Morgan fingerprint density at radius 3 is 2.25 bits per heavy atom. The highest BCUT2D eigenvalue weighted by atomic mass is 32.1. The molecule has 0 radical (unpaired) electrons. The SMILES string of the molecule is C=[C+]C=S. The van der Waals surface area contributed by atoms with Crippen molar-refractivity contribution in [3.63, 3.8) is 0 Å². The topological polar surface area (TPSA) is 0 Å². The first-order chi connectivity index (χ1) is 1.91. The molecule has 0 saturated carbocycles. The Morgan fingerprint density at radius 2 is 2.25 bits per heavy atom. The van der Waals surface area contributed by atoms with E-state index in [2.05, 4.69) is 24.9 Å². The molecule has 0 aliphatic carbocycles. The molecule has 0 aliphatic rings. The zero-order chi connectivity index (χ0) is 3.41. The fourth-order valence-electron chi connectivity index (χ4n) is 0. The van der Waals surface area contributed by atoms with Crippen LogP contribution in [0.2, 0.25) is 0 Å². The van der Waals surface area contributed by atoms with Crippen molar-refractivity contribution in [2.75, 3.05) is 0 Å². The average molecular weight is 71.1 g/mol. The molecule has 0 saturated heterocycles. The second kappa shape index (κ2) is 2.74. The van der Waals surface area contributed by atoms with E-state index in [-0.39, 0.29) is 0 Å². The van der Waals surface area contributed by atoms with Gasteiger partial charge in [0.05, 0.1) is 0 Å². The van der Waals surface area contributed by atoms with Gasteiger partial charge in [-0.25, -0.2) is 0 Å². The molecule has 0 rings (SSSR count). The first-order valence-electron chi connectivity index (χ1n) is 0.878. The van der Waals surface area contributed by atoms with E-state index in [0.717, 1.165) is 0 Å². The van der Waals surface area contributed by atoms with E-state index in [9.17, 15) is 0 Å². The average Bonchev–Trinajstić information content (AvgIpc) is 1.37. The minimum absolute atomic E-state index is 1.35. The molecule has 0 aliphatic heterocycles. The number of rotatable bonds is 1. The molecule has 0 unspecified atom stereocenters. The Labute approximate surface area is 31.1 Å². The fraction of sp³-hybridized carbons (Fsp3) is 0. The predicted octanol–water partition coefficient (Wildman–Crippen LogP) is 0.975. The molecule has 20 valence electrons. The monoisotopic (exact) mass is 71.0 g/mol. The number of allylic oxidation sites excluding steroid dienone is 1. The van der Waals surface area contributed by atoms with Crippen LogP contribution in [-0.2, 0) is 0 Å². The first kappa shape index (κ1) is 3.74. The van der Waals surface area contributed by atoms with E-state index < -0.39 is 0 Å². The van der Waals surface area contributed by atoms with E-state index in [1.54, 1.807) is 0 Å². The van der Waals surface area contributed by atoms with E-state index in [1.165, 1.54) is 5.37 Å². The molecule has 0 fully saturated rings. The van der Waals surface area contributed by atoms with Gasteiger partial charge >= 0.3 is 0 Å². The minimum atomic E-state index is 1.35. The summed E-state index contributed by atoms with van der Waals surface area (Å²) in [7, 11) is 0. The molecule has 0 aromatic rings. The van der Waals surface area contributed by atoms with Gasteiger partial charge < -0.3 is 0 Å². The second-order valence-corrected chi connectivity index (χ2v) is 0.558. The largest absolute Gasteiger partial charge is 0.263 e. The predicted molar refractivity (Wildman–Crippen MR) is 22.5 cm³/mol. The summed E-state index contributed by atoms with van der Waals surface area (Å²) in [5.41, 5.74) is 0. The Bertz CT molecular complexity index is 24.3. The van der Waals surface area contributed by atoms with Gasteiger partial charge in [-0.05, 0) is 12.2 Å². The van der Waals surface area contributed by atoms with Crippen LogP contribution in [0.5, 0.6) is 0 Å². The third kappa shape index (κ3) is 1.74. The Morgan fingerprint density at radius 1 is 2.00 bits per heavy atom. The third-order valence-corrected chi connectivity index (χ3v) is 0.250. The number of hydrogen-bond donors (Lipinski definition) is 0. The van der Waals surface area contributed by atoms with Gasteiger partial charge in [-0.1, -0.05) is 0 Å². The van der Waals surface area contributed by atoms with Gasteiger partial charge in [-0.2, -0.15) is 0 Å². The molecule has 1 heteroatoms. The zero-order valence-corrected chi connectivity index (χ0v) is 3.01. The molecule has 0 aromatic carbocycles. The molecular weight excluding hydrogens is 68.1 g/mol. The third-order valence-electron chi connectivity index (χ3n) is 0.0833. The molecule has 0 amide bonds. The van der Waals surface area contributed by atoms with Crippen molar-refractivity contribution in [2.24, 2.45) is 0 Å². The van der Waals surface area contributed by atoms with Crippen molar-refractivity contribution < 1.29 is 0 Å².